The Morgan fingerprint density at radius 2 is 2.24 bits per heavy atom. The minimum absolute atomic E-state index is 0.0127. The molecule has 1 aromatic heterocycles. The number of nitriles is 1. The normalized spacial score (nSPS) is 10.8. The largest absolute Gasteiger partial charge is 0.245 e. The van der Waals surface area contributed by atoms with Gasteiger partial charge in [0.05, 0.1) is 6.54 Å². The van der Waals surface area contributed by atoms with Gasteiger partial charge in [0.1, 0.15) is 16.7 Å². The molecule has 0 atom stereocenters. The number of rotatable bonds is 4. The lowest BCUT2D eigenvalue weighted by Crippen LogP contribution is -2.31. The van der Waals surface area contributed by atoms with E-state index < -0.39 is 10.0 Å². The van der Waals surface area contributed by atoms with E-state index in [1.165, 1.54) is 12.1 Å². The van der Waals surface area contributed by atoms with Gasteiger partial charge in [-0.1, -0.05) is 12.8 Å². The zero-order chi connectivity index (χ0) is 12.9. The Morgan fingerprint density at radius 1 is 1.53 bits per heavy atom. The van der Waals surface area contributed by atoms with Gasteiger partial charge in [-0.3, -0.25) is 0 Å². The molecule has 0 spiro atoms. The third kappa shape index (κ3) is 2.82. The van der Waals surface area contributed by atoms with Gasteiger partial charge >= 0.3 is 0 Å². The average molecular weight is 249 g/mol. The highest BCUT2D eigenvalue weighted by Gasteiger charge is 2.22. The maximum absolute atomic E-state index is 12.1. The number of hydrogen-bond donors (Lipinski definition) is 0. The Bertz CT molecular complexity index is 564. The molecular formula is C11H11N3O2S. The van der Waals surface area contributed by atoms with E-state index in [1.807, 2.05) is 6.07 Å². The van der Waals surface area contributed by atoms with E-state index in [-0.39, 0.29) is 23.7 Å². The van der Waals surface area contributed by atoms with Gasteiger partial charge in [-0.2, -0.15) is 9.57 Å². The van der Waals surface area contributed by atoms with Crippen molar-refractivity contribution < 1.29 is 8.42 Å². The molecule has 0 N–H and O–H groups in total. The monoisotopic (exact) mass is 249 g/mol. The minimum atomic E-state index is -3.62. The Balaban J connectivity index is 3.13. The Kier molecular flexibility index (Phi) is 4.22. The smallest absolute Gasteiger partial charge is 0.244 e. The molecular weight excluding hydrogens is 238 g/mol. The number of aromatic nitrogens is 1. The predicted molar refractivity (Wildman–Crippen MR) is 62.2 cm³/mol. The van der Waals surface area contributed by atoms with E-state index >= 15 is 0 Å². The van der Waals surface area contributed by atoms with Crippen LogP contribution in [0.2, 0.25) is 0 Å². The lowest BCUT2D eigenvalue weighted by atomic mass is 10.4. The predicted octanol–water partition coefficient (Wildman–Crippen LogP) is 0.597. The first kappa shape index (κ1) is 13.2. The van der Waals surface area contributed by atoms with Crippen molar-refractivity contribution in [3.8, 4) is 18.4 Å². The third-order valence-electron chi connectivity index (χ3n) is 2.11. The highest BCUT2D eigenvalue weighted by atomic mass is 32.2. The molecule has 0 saturated carbocycles. The first-order valence-corrected chi connectivity index (χ1v) is 6.30. The van der Waals surface area contributed by atoms with Gasteiger partial charge in [-0.25, -0.2) is 13.4 Å². The number of nitrogens with zero attached hydrogens (tertiary/aromatic N) is 3. The lowest BCUT2D eigenvalue weighted by molar-refractivity contribution is 0.464. The molecule has 0 radical (unpaired) electrons. The molecule has 88 valence electrons. The van der Waals surface area contributed by atoms with Crippen LogP contribution in [0.15, 0.2) is 23.2 Å². The summed E-state index contributed by atoms with van der Waals surface area (Å²) in [7, 11) is -3.62. The second-order valence-electron chi connectivity index (χ2n) is 3.13. The van der Waals surface area contributed by atoms with Crippen molar-refractivity contribution in [2.24, 2.45) is 0 Å². The molecule has 0 saturated heterocycles. The van der Waals surface area contributed by atoms with E-state index in [9.17, 15) is 8.42 Å². The molecule has 0 aliphatic rings. The quantitative estimate of drug-likeness (QED) is 0.732. The molecule has 0 bridgehead atoms. The van der Waals surface area contributed by atoms with Crippen LogP contribution in [0.25, 0.3) is 0 Å². The summed E-state index contributed by atoms with van der Waals surface area (Å²) in [5, 5.41) is 8.57. The van der Waals surface area contributed by atoms with Crippen LogP contribution in [0.4, 0.5) is 0 Å². The maximum Gasteiger partial charge on any atom is 0.245 e. The summed E-state index contributed by atoms with van der Waals surface area (Å²) < 4.78 is 25.3. The van der Waals surface area contributed by atoms with Crippen LogP contribution < -0.4 is 0 Å². The van der Waals surface area contributed by atoms with E-state index in [0.29, 0.717) is 0 Å². The molecule has 0 aliphatic carbocycles. The molecule has 6 heteroatoms. The van der Waals surface area contributed by atoms with Gasteiger partial charge in [0.2, 0.25) is 10.0 Å². The van der Waals surface area contributed by atoms with Crippen LogP contribution in [0.5, 0.6) is 0 Å². The standard InChI is InChI=1S/C11H11N3O2S/c1-3-7-14(4-2)17(15,16)11-6-5-10(8-12)13-9-11/h1,5-6,9H,4,7H2,2H3. The highest BCUT2D eigenvalue weighted by Crippen LogP contribution is 2.14. The van der Waals surface area contributed by atoms with Crippen molar-refractivity contribution in [3.05, 3.63) is 24.0 Å². The van der Waals surface area contributed by atoms with Crippen molar-refractivity contribution in [1.29, 1.82) is 5.26 Å². The van der Waals surface area contributed by atoms with E-state index in [2.05, 4.69) is 10.9 Å². The van der Waals surface area contributed by atoms with E-state index in [0.717, 1.165) is 10.5 Å². The molecule has 1 aromatic rings. The van der Waals surface area contributed by atoms with Crippen LogP contribution >= 0.6 is 0 Å². The fourth-order valence-electron chi connectivity index (χ4n) is 1.22. The first-order valence-electron chi connectivity index (χ1n) is 4.86. The molecule has 0 aromatic carbocycles. The topological polar surface area (TPSA) is 74.1 Å². The van der Waals surface area contributed by atoms with E-state index in [1.54, 1.807) is 6.92 Å². The van der Waals surface area contributed by atoms with E-state index in [4.69, 9.17) is 11.7 Å². The fraction of sp³-hybridized carbons (Fsp3) is 0.273. The average Bonchev–Trinajstić information content (AvgIpc) is 2.35. The molecule has 0 fully saturated rings. The summed E-state index contributed by atoms with van der Waals surface area (Å²) in [6, 6.07) is 4.53. The molecule has 0 amide bonds. The van der Waals surface area contributed by atoms with Crippen LogP contribution in [-0.2, 0) is 10.0 Å². The first-order chi connectivity index (χ1) is 8.06. The van der Waals surface area contributed by atoms with Crippen molar-refractivity contribution in [1.82, 2.24) is 9.29 Å². The second-order valence-corrected chi connectivity index (χ2v) is 5.06. The summed E-state index contributed by atoms with van der Waals surface area (Å²) in [5.74, 6) is 2.29. The van der Waals surface area contributed by atoms with Crippen molar-refractivity contribution in [2.45, 2.75) is 11.8 Å². The molecule has 0 aliphatic heterocycles. The fourth-order valence-corrected chi connectivity index (χ4v) is 2.53. The highest BCUT2D eigenvalue weighted by molar-refractivity contribution is 7.89. The zero-order valence-electron chi connectivity index (χ0n) is 9.29. The van der Waals surface area contributed by atoms with Gasteiger partial charge in [0, 0.05) is 12.7 Å². The van der Waals surface area contributed by atoms with Crippen LogP contribution in [0.1, 0.15) is 12.6 Å². The summed E-state index contributed by atoms with van der Waals surface area (Å²) >= 11 is 0. The number of terminal acetylenes is 1. The third-order valence-corrected chi connectivity index (χ3v) is 4.01. The van der Waals surface area contributed by atoms with Crippen molar-refractivity contribution in [3.63, 3.8) is 0 Å². The molecule has 0 unspecified atom stereocenters. The Labute approximate surface area is 101 Å². The van der Waals surface area contributed by atoms with Gasteiger partial charge in [-0.05, 0) is 12.1 Å². The SMILES string of the molecule is C#CCN(CC)S(=O)(=O)c1ccc(C#N)nc1. The Hall–Kier alpha value is -1.89. The molecule has 1 rings (SSSR count). The van der Waals surface area contributed by atoms with Gasteiger partial charge in [0.25, 0.3) is 0 Å². The second kappa shape index (κ2) is 5.44. The van der Waals surface area contributed by atoms with Gasteiger partial charge < -0.3 is 0 Å². The summed E-state index contributed by atoms with van der Waals surface area (Å²) in [4.78, 5) is 3.76. The summed E-state index contributed by atoms with van der Waals surface area (Å²) in [6.45, 7) is 2.00. The van der Waals surface area contributed by atoms with Crippen molar-refractivity contribution in [2.75, 3.05) is 13.1 Å². The van der Waals surface area contributed by atoms with Crippen LogP contribution in [0, 0.1) is 23.7 Å². The van der Waals surface area contributed by atoms with Crippen molar-refractivity contribution >= 4 is 10.0 Å². The Morgan fingerprint density at radius 3 is 2.65 bits per heavy atom. The van der Waals surface area contributed by atoms with Crippen LogP contribution in [-0.4, -0.2) is 30.8 Å². The zero-order valence-corrected chi connectivity index (χ0v) is 10.1. The minimum Gasteiger partial charge on any atom is -0.244 e. The number of hydrogen-bond acceptors (Lipinski definition) is 4. The number of sulfonamides is 1. The lowest BCUT2D eigenvalue weighted by Gasteiger charge is -2.17. The van der Waals surface area contributed by atoms with Crippen LogP contribution in [0.3, 0.4) is 0 Å². The molecule has 5 nitrogen and oxygen atoms in total. The molecule has 17 heavy (non-hydrogen) atoms. The van der Waals surface area contributed by atoms with Gasteiger partial charge in [0.15, 0.2) is 0 Å². The maximum atomic E-state index is 12.1. The summed E-state index contributed by atoms with van der Waals surface area (Å²) in [5.41, 5.74) is 0.170. The summed E-state index contributed by atoms with van der Waals surface area (Å²) in [6.07, 6.45) is 6.27. The number of pyridine rings is 1. The van der Waals surface area contributed by atoms with Gasteiger partial charge in [-0.15, -0.1) is 6.42 Å². The molecule has 1 heterocycles.